The van der Waals surface area contributed by atoms with E-state index in [9.17, 15) is 4.39 Å². The molecule has 0 radical (unpaired) electrons. The molecule has 1 saturated heterocycles. The minimum Gasteiger partial charge on any atom is -0.464 e. The van der Waals surface area contributed by atoms with Crippen molar-refractivity contribution in [1.82, 2.24) is 15.0 Å². The van der Waals surface area contributed by atoms with E-state index < -0.39 is 5.82 Å². The van der Waals surface area contributed by atoms with Crippen LogP contribution in [0.2, 0.25) is 5.02 Å². The number of morpholine rings is 1. The predicted octanol–water partition coefficient (Wildman–Crippen LogP) is 5.79. The largest absolute Gasteiger partial charge is 0.464 e. The van der Waals surface area contributed by atoms with Crippen LogP contribution in [0.4, 0.5) is 27.5 Å². The molecule has 11 heteroatoms. The van der Waals surface area contributed by atoms with Crippen LogP contribution in [0.3, 0.4) is 0 Å². The van der Waals surface area contributed by atoms with Crippen molar-refractivity contribution in [2.75, 3.05) is 36.5 Å². The normalized spacial score (nSPS) is 13.9. The van der Waals surface area contributed by atoms with Gasteiger partial charge in [0.05, 0.1) is 48.3 Å². The van der Waals surface area contributed by atoms with Crippen LogP contribution in [0.15, 0.2) is 75.8 Å². The Hall–Kier alpha value is -3.89. The number of nitrogens with one attached hydrogen (secondary N) is 1. The summed E-state index contributed by atoms with van der Waals surface area (Å²) in [5.41, 5.74) is 3.15. The summed E-state index contributed by atoms with van der Waals surface area (Å²) in [7, 11) is 0. The summed E-state index contributed by atoms with van der Waals surface area (Å²) in [4.78, 5) is 14.3. The van der Waals surface area contributed by atoms with Gasteiger partial charge in [-0.15, -0.1) is 5.11 Å². The topological polar surface area (TPSA) is 101 Å². The Morgan fingerprint density at radius 1 is 1.06 bits per heavy atom. The van der Waals surface area contributed by atoms with Crippen LogP contribution in [-0.2, 0) is 11.3 Å². The Balaban J connectivity index is 1.20. The Morgan fingerprint density at radius 2 is 1.91 bits per heavy atom. The molecule has 1 N–H and O–H groups in total. The second kappa shape index (κ2) is 10.6. The summed E-state index contributed by atoms with van der Waals surface area (Å²) >= 11 is 6.40. The molecular formula is C24H21ClFN7O2. The molecule has 3 aromatic heterocycles. The molecular weight excluding hydrogens is 473 g/mol. The van der Waals surface area contributed by atoms with Crippen molar-refractivity contribution in [1.29, 1.82) is 0 Å². The fourth-order valence-corrected chi connectivity index (χ4v) is 3.82. The highest BCUT2D eigenvalue weighted by atomic mass is 35.5. The quantitative estimate of drug-likeness (QED) is 0.325. The molecule has 9 nitrogen and oxygen atoms in total. The molecule has 178 valence electrons. The van der Waals surface area contributed by atoms with Gasteiger partial charge < -0.3 is 19.4 Å². The van der Waals surface area contributed by atoms with Crippen molar-refractivity contribution in [3.05, 3.63) is 77.7 Å². The van der Waals surface area contributed by atoms with Crippen LogP contribution in [0, 0.1) is 5.82 Å². The maximum Gasteiger partial charge on any atom is 0.270 e. The second-order valence-corrected chi connectivity index (χ2v) is 8.08. The lowest BCUT2D eigenvalue weighted by atomic mass is 10.1. The first-order valence-corrected chi connectivity index (χ1v) is 11.3. The van der Waals surface area contributed by atoms with Crippen LogP contribution in [0.1, 0.15) is 5.69 Å². The van der Waals surface area contributed by atoms with Gasteiger partial charge in [-0.2, -0.15) is 10.1 Å². The Labute approximate surface area is 205 Å². The number of hydrogen-bond donors (Lipinski definition) is 1. The van der Waals surface area contributed by atoms with Gasteiger partial charge in [-0.1, -0.05) is 11.6 Å². The Bertz CT molecular complexity index is 1310. The lowest BCUT2D eigenvalue weighted by Gasteiger charge is -2.27. The van der Waals surface area contributed by atoms with Crippen LogP contribution < -0.4 is 10.2 Å². The van der Waals surface area contributed by atoms with Gasteiger partial charge in [0.1, 0.15) is 12.3 Å². The molecule has 0 atom stereocenters. The van der Waals surface area contributed by atoms with Crippen molar-refractivity contribution in [2.45, 2.75) is 6.54 Å². The van der Waals surface area contributed by atoms with E-state index in [1.807, 2.05) is 47.4 Å². The van der Waals surface area contributed by atoms with Gasteiger partial charge in [0.2, 0.25) is 0 Å². The Kier molecular flexibility index (Phi) is 6.92. The molecule has 0 spiro atoms. The minimum absolute atomic E-state index is 0.0982. The smallest absolute Gasteiger partial charge is 0.270 e. The molecule has 4 aromatic rings. The van der Waals surface area contributed by atoms with Gasteiger partial charge in [-0.3, -0.25) is 4.98 Å². The number of hydrogen-bond acceptors (Lipinski definition) is 9. The van der Waals surface area contributed by atoms with E-state index in [0.717, 1.165) is 23.1 Å². The molecule has 0 bridgehead atoms. The van der Waals surface area contributed by atoms with E-state index in [1.54, 1.807) is 12.5 Å². The van der Waals surface area contributed by atoms with E-state index in [-0.39, 0.29) is 18.3 Å². The van der Waals surface area contributed by atoms with Crippen molar-refractivity contribution < 1.29 is 13.5 Å². The van der Waals surface area contributed by atoms with E-state index in [2.05, 4.69) is 30.5 Å². The third kappa shape index (κ3) is 5.61. The third-order valence-electron chi connectivity index (χ3n) is 5.29. The van der Waals surface area contributed by atoms with Crippen molar-refractivity contribution >= 4 is 34.7 Å². The van der Waals surface area contributed by atoms with Crippen LogP contribution >= 0.6 is 11.6 Å². The fraction of sp³-hybridized carbons (Fsp3) is 0.208. The summed E-state index contributed by atoms with van der Waals surface area (Å²) in [5, 5.41) is 12.0. The van der Waals surface area contributed by atoms with Crippen molar-refractivity contribution in [2.24, 2.45) is 10.2 Å². The highest BCUT2D eigenvalue weighted by Gasteiger charge is 2.17. The summed E-state index contributed by atoms with van der Waals surface area (Å²) in [6.07, 6.45) is 4.42. The van der Waals surface area contributed by atoms with Crippen molar-refractivity contribution in [3.63, 3.8) is 0 Å². The zero-order valence-corrected chi connectivity index (χ0v) is 19.3. The zero-order chi connectivity index (χ0) is 24.0. The standard InChI is InChI=1S/C24H21ClFN7O2/c25-20-12-16(5-6-19(20)22-2-1-9-35-22)30-18-4-3-17(27-13-18)14-29-32-24-28-15-21(26)23(31-24)33-7-10-34-11-8-33/h1-6,9,12-13,15,30H,7-8,10-11,14H2. The van der Waals surface area contributed by atoms with E-state index >= 15 is 0 Å². The number of benzene rings is 1. The number of rotatable bonds is 7. The van der Waals surface area contributed by atoms with E-state index in [0.29, 0.717) is 42.8 Å². The number of azo groups is 1. The second-order valence-electron chi connectivity index (χ2n) is 7.68. The van der Waals surface area contributed by atoms with Gasteiger partial charge in [-0.25, -0.2) is 9.37 Å². The number of pyridine rings is 1. The highest BCUT2D eigenvalue weighted by Crippen LogP contribution is 2.31. The fourth-order valence-electron chi connectivity index (χ4n) is 3.55. The summed E-state index contributed by atoms with van der Waals surface area (Å²) in [6.45, 7) is 2.42. The average molecular weight is 494 g/mol. The first-order chi connectivity index (χ1) is 17.2. The highest BCUT2D eigenvalue weighted by molar-refractivity contribution is 6.33. The molecule has 0 saturated carbocycles. The number of aromatic nitrogens is 3. The van der Waals surface area contributed by atoms with E-state index in [4.69, 9.17) is 20.8 Å². The van der Waals surface area contributed by atoms with Gasteiger partial charge >= 0.3 is 0 Å². The first kappa shape index (κ1) is 22.9. The maximum atomic E-state index is 14.1. The molecule has 35 heavy (non-hydrogen) atoms. The lowest BCUT2D eigenvalue weighted by molar-refractivity contribution is 0.122. The van der Waals surface area contributed by atoms with Crippen LogP contribution in [0.25, 0.3) is 11.3 Å². The SMILES string of the molecule is Fc1cnc(N=NCc2ccc(Nc3ccc(-c4ccco4)c(Cl)c3)cn2)nc1N1CCOCC1. The summed E-state index contributed by atoms with van der Waals surface area (Å²) in [5.74, 6) is 0.529. The predicted molar refractivity (Wildman–Crippen MR) is 130 cm³/mol. The molecule has 1 aliphatic rings. The molecule has 4 heterocycles. The maximum absolute atomic E-state index is 14.1. The molecule has 1 aliphatic heterocycles. The monoisotopic (exact) mass is 493 g/mol. The van der Waals surface area contributed by atoms with Gasteiger partial charge in [0.25, 0.3) is 5.95 Å². The number of anilines is 3. The zero-order valence-electron chi connectivity index (χ0n) is 18.6. The van der Waals surface area contributed by atoms with Gasteiger partial charge in [0.15, 0.2) is 11.6 Å². The van der Waals surface area contributed by atoms with E-state index in [1.165, 1.54) is 0 Å². The summed E-state index contributed by atoms with van der Waals surface area (Å²) < 4.78 is 24.8. The van der Waals surface area contributed by atoms with Gasteiger partial charge in [-0.05, 0) is 42.5 Å². The average Bonchev–Trinajstić information content (AvgIpc) is 3.41. The molecule has 1 fully saturated rings. The van der Waals surface area contributed by atoms with Crippen LogP contribution in [0.5, 0.6) is 0 Å². The molecule has 1 aromatic carbocycles. The number of nitrogens with zero attached hydrogens (tertiary/aromatic N) is 6. The third-order valence-corrected chi connectivity index (χ3v) is 5.60. The van der Waals surface area contributed by atoms with Crippen LogP contribution in [-0.4, -0.2) is 41.3 Å². The molecule has 0 unspecified atom stereocenters. The number of halogens is 2. The summed E-state index contributed by atoms with van der Waals surface area (Å²) in [6, 6.07) is 13.0. The van der Waals surface area contributed by atoms with Gasteiger partial charge in [0, 0.05) is 24.3 Å². The Morgan fingerprint density at radius 3 is 2.66 bits per heavy atom. The number of furan rings is 1. The lowest BCUT2D eigenvalue weighted by Crippen LogP contribution is -2.37. The minimum atomic E-state index is -0.493. The molecule has 0 amide bonds. The van der Waals surface area contributed by atoms with Crippen molar-refractivity contribution in [3.8, 4) is 11.3 Å². The molecule has 5 rings (SSSR count). The molecule has 0 aliphatic carbocycles. The first-order valence-electron chi connectivity index (χ1n) is 10.9. The number of ether oxygens (including phenoxy) is 1.